The molecule has 0 atom stereocenters. The summed E-state index contributed by atoms with van der Waals surface area (Å²) in [6, 6.07) is 0. The quantitative estimate of drug-likeness (QED) is 0.556. The van der Waals surface area contributed by atoms with E-state index in [1.807, 2.05) is 27.7 Å². The Kier molecular flexibility index (Phi) is 7.33. The summed E-state index contributed by atoms with van der Waals surface area (Å²) in [5.41, 5.74) is 0.749. The number of rotatable bonds is 1. The largest absolute Gasteiger partial charge is 0.447 e. The van der Waals surface area contributed by atoms with E-state index in [1.54, 1.807) is 4.90 Å². The third-order valence-electron chi connectivity index (χ3n) is 2.08. The van der Waals surface area contributed by atoms with Gasteiger partial charge in [-0.3, -0.25) is 0 Å². The molecule has 5 heteroatoms. The van der Waals surface area contributed by atoms with E-state index < -0.39 is 0 Å². The van der Waals surface area contributed by atoms with Gasteiger partial charge < -0.3 is 14.8 Å². The molecule has 0 spiro atoms. The summed E-state index contributed by atoms with van der Waals surface area (Å²) in [7, 11) is 0. The second-order valence-electron chi connectivity index (χ2n) is 3.59. The summed E-state index contributed by atoms with van der Waals surface area (Å²) in [5.74, 6) is 0. The molecule has 1 heterocycles. The molecule has 1 amide bonds. The number of oxime groups is 1. The van der Waals surface area contributed by atoms with Crippen LogP contribution in [0.25, 0.3) is 0 Å². The van der Waals surface area contributed by atoms with Crippen molar-refractivity contribution in [2.75, 3.05) is 13.1 Å². The van der Waals surface area contributed by atoms with Crippen LogP contribution in [0.2, 0.25) is 0 Å². The molecule has 0 saturated carbocycles. The highest BCUT2D eigenvalue weighted by Gasteiger charge is 2.21. The van der Waals surface area contributed by atoms with Gasteiger partial charge in [0.1, 0.15) is 0 Å². The summed E-state index contributed by atoms with van der Waals surface area (Å²) in [6.45, 7) is 8.79. The van der Waals surface area contributed by atoms with Crippen molar-refractivity contribution in [3.8, 4) is 0 Å². The molecule has 1 N–H and O–H groups in total. The molecule has 1 aliphatic heterocycles. The van der Waals surface area contributed by atoms with E-state index in [-0.39, 0.29) is 12.2 Å². The van der Waals surface area contributed by atoms with Crippen molar-refractivity contribution in [2.24, 2.45) is 5.16 Å². The Hall–Kier alpha value is -1.26. The van der Waals surface area contributed by atoms with Crippen molar-refractivity contribution in [3.63, 3.8) is 0 Å². The standard InChI is InChI=1S/C9H16N2O3.C2H6/c1-7(2)14-9(12)11-5-3-8(10-13)4-6-11;1-2/h7,13H,3-6H2,1-2H3;1-2H3. The van der Waals surface area contributed by atoms with Crippen molar-refractivity contribution in [3.05, 3.63) is 0 Å². The number of amides is 1. The molecule has 5 nitrogen and oxygen atoms in total. The average molecular weight is 230 g/mol. The normalized spacial score (nSPS) is 15.3. The Morgan fingerprint density at radius 1 is 1.38 bits per heavy atom. The molecule has 1 rings (SSSR count). The van der Waals surface area contributed by atoms with Crippen LogP contribution in [0, 0.1) is 0 Å². The van der Waals surface area contributed by atoms with Crippen LogP contribution in [0.1, 0.15) is 40.5 Å². The SMILES string of the molecule is CC.CC(C)OC(=O)N1CCC(=NO)CC1. The first-order chi connectivity index (χ1) is 7.63. The molecular weight excluding hydrogens is 208 g/mol. The van der Waals surface area contributed by atoms with E-state index >= 15 is 0 Å². The van der Waals surface area contributed by atoms with Gasteiger partial charge in [0.2, 0.25) is 0 Å². The van der Waals surface area contributed by atoms with Gasteiger partial charge in [-0.1, -0.05) is 19.0 Å². The van der Waals surface area contributed by atoms with Gasteiger partial charge in [0.15, 0.2) is 0 Å². The minimum atomic E-state index is -0.281. The van der Waals surface area contributed by atoms with Crippen LogP contribution in [0.4, 0.5) is 4.79 Å². The number of piperidine rings is 1. The fourth-order valence-electron chi connectivity index (χ4n) is 1.32. The van der Waals surface area contributed by atoms with E-state index in [0.717, 1.165) is 5.71 Å². The third-order valence-corrected chi connectivity index (χ3v) is 2.08. The summed E-state index contributed by atoms with van der Waals surface area (Å²) < 4.78 is 5.04. The first kappa shape index (κ1) is 14.7. The molecule has 0 bridgehead atoms. The van der Waals surface area contributed by atoms with Crippen LogP contribution in [0.5, 0.6) is 0 Å². The second-order valence-corrected chi connectivity index (χ2v) is 3.59. The number of carbonyl (C=O) groups is 1. The van der Waals surface area contributed by atoms with Crippen molar-refractivity contribution < 1.29 is 14.7 Å². The maximum absolute atomic E-state index is 11.4. The molecule has 1 fully saturated rings. The molecule has 0 aromatic rings. The zero-order chi connectivity index (χ0) is 12.6. The Balaban J connectivity index is 0.00000106. The molecule has 0 aliphatic carbocycles. The van der Waals surface area contributed by atoms with Gasteiger partial charge in [-0.25, -0.2) is 4.79 Å². The van der Waals surface area contributed by atoms with Gasteiger partial charge in [0.25, 0.3) is 0 Å². The summed E-state index contributed by atoms with van der Waals surface area (Å²) in [6.07, 6.45) is 0.889. The minimum absolute atomic E-state index is 0.0876. The highest BCUT2D eigenvalue weighted by molar-refractivity contribution is 5.86. The zero-order valence-electron chi connectivity index (χ0n) is 10.6. The first-order valence-corrected chi connectivity index (χ1v) is 5.79. The number of carbonyl (C=O) groups excluding carboxylic acids is 1. The van der Waals surface area contributed by atoms with Gasteiger partial charge in [0.05, 0.1) is 11.8 Å². The Morgan fingerprint density at radius 2 is 1.88 bits per heavy atom. The number of likely N-dealkylation sites (tertiary alicyclic amines) is 1. The fourth-order valence-corrected chi connectivity index (χ4v) is 1.32. The van der Waals surface area contributed by atoms with E-state index in [4.69, 9.17) is 9.94 Å². The van der Waals surface area contributed by atoms with E-state index in [9.17, 15) is 4.79 Å². The van der Waals surface area contributed by atoms with Crippen LogP contribution in [0.3, 0.4) is 0 Å². The highest BCUT2D eigenvalue weighted by Crippen LogP contribution is 2.09. The summed E-state index contributed by atoms with van der Waals surface area (Å²) in [4.78, 5) is 13.0. The van der Waals surface area contributed by atoms with Gasteiger partial charge in [-0.05, 0) is 13.8 Å². The summed E-state index contributed by atoms with van der Waals surface area (Å²) >= 11 is 0. The molecular formula is C11H22N2O3. The highest BCUT2D eigenvalue weighted by atomic mass is 16.6. The molecule has 1 saturated heterocycles. The van der Waals surface area contributed by atoms with Crippen LogP contribution in [-0.2, 0) is 4.74 Å². The predicted molar refractivity (Wildman–Crippen MR) is 63.0 cm³/mol. The fraction of sp³-hybridized carbons (Fsp3) is 0.818. The van der Waals surface area contributed by atoms with Crippen molar-refractivity contribution >= 4 is 11.8 Å². The van der Waals surface area contributed by atoms with Crippen LogP contribution in [-0.4, -0.2) is 41.1 Å². The minimum Gasteiger partial charge on any atom is -0.447 e. The van der Waals surface area contributed by atoms with E-state index in [0.29, 0.717) is 25.9 Å². The molecule has 0 aromatic heterocycles. The number of hydrogen-bond acceptors (Lipinski definition) is 4. The second kappa shape index (κ2) is 7.96. The zero-order valence-corrected chi connectivity index (χ0v) is 10.6. The van der Waals surface area contributed by atoms with Gasteiger partial charge >= 0.3 is 6.09 Å². The molecule has 94 valence electrons. The summed E-state index contributed by atoms with van der Waals surface area (Å²) in [5, 5.41) is 11.7. The molecule has 16 heavy (non-hydrogen) atoms. The predicted octanol–water partition coefficient (Wildman–Crippen LogP) is 2.48. The molecule has 0 unspecified atom stereocenters. The topological polar surface area (TPSA) is 62.1 Å². The maximum atomic E-state index is 11.4. The van der Waals surface area contributed by atoms with E-state index in [1.165, 1.54) is 0 Å². The third kappa shape index (κ3) is 5.00. The monoisotopic (exact) mass is 230 g/mol. The number of nitrogens with zero attached hydrogens (tertiary/aromatic N) is 2. The van der Waals surface area contributed by atoms with Gasteiger partial charge in [-0.2, -0.15) is 0 Å². The van der Waals surface area contributed by atoms with Crippen molar-refractivity contribution in [1.29, 1.82) is 0 Å². The molecule has 1 aliphatic rings. The number of ether oxygens (including phenoxy) is 1. The van der Waals surface area contributed by atoms with Gasteiger partial charge in [-0.15, -0.1) is 0 Å². The van der Waals surface area contributed by atoms with Crippen LogP contribution >= 0.6 is 0 Å². The first-order valence-electron chi connectivity index (χ1n) is 5.79. The van der Waals surface area contributed by atoms with Crippen molar-refractivity contribution in [2.45, 2.75) is 46.6 Å². The lowest BCUT2D eigenvalue weighted by molar-refractivity contribution is 0.0764. The smallest absolute Gasteiger partial charge is 0.410 e. The van der Waals surface area contributed by atoms with Gasteiger partial charge in [0, 0.05) is 25.9 Å². The molecule has 0 aromatic carbocycles. The average Bonchev–Trinajstić information content (AvgIpc) is 2.31. The number of hydrogen-bond donors (Lipinski definition) is 1. The Morgan fingerprint density at radius 3 is 2.25 bits per heavy atom. The lowest BCUT2D eigenvalue weighted by Gasteiger charge is -2.27. The van der Waals surface area contributed by atoms with E-state index in [2.05, 4.69) is 5.16 Å². The Bertz CT molecular complexity index is 229. The van der Waals surface area contributed by atoms with Crippen molar-refractivity contribution in [1.82, 2.24) is 4.90 Å². The lowest BCUT2D eigenvalue weighted by atomic mass is 10.1. The van der Waals surface area contributed by atoms with Crippen LogP contribution in [0.15, 0.2) is 5.16 Å². The van der Waals surface area contributed by atoms with Crippen LogP contribution < -0.4 is 0 Å². The Labute approximate surface area is 97.1 Å². The molecule has 0 radical (unpaired) electrons. The lowest BCUT2D eigenvalue weighted by Crippen LogP contribution is -2.39. The maximum Gasteiger partial charge on any atom is 0.410 e.